The molecule has 1 nitrogen and oxygen atoms in total. The monoisotopic (exact) mass is 629 g/mol. The predicted octanol–water partition coefficient (Wildman–Crippen LogP) is 3.97. The maximum Gasteiger partial charge on any atom is 0.278 e. The molecular weight excluding hydrogens is 604 g/mol. The van der Waals surface area contributed by atoms with Gasteiger partial charge in [0.1, 0.15) is 0 Å². The van der Waals surface area contributed by atoms with E-state index < -0.39 is 16.6 Å². The first-order valence-electron chi connectivity index (χ1n) is 10.4. The Hall–Kier alpha value is -2.56. The van der Waals surface area contributed by atoms with Crippen molar-refractivity contribution in [3.63, 3.8) is 0 Å². The van der Waals surface area contributed by atoms with Gasteiger partial charge in [-0.25, -0.2) is 0 Å². The molecule has 0 aromatic heterocycles. The molecule has 4 rings (SSSR count). The summed E-state index contributed by atoms with van der Waals surface area (Å²) in [5, 5.41) is 4.79. The summed E-state index contributed by atoms with van der Waals surface area (Å²) in [5.74, 6) is 0. The van der Waals surface area contributed by atoms with E-state index in [0.717, 1.165) is 5.19 Å². The molecule has 0 amide bonds. The van der Waals surface area contributed by atoms with E-state index in [9.17, 15) is 0 Å². The van der Waals surface area contributed by atoms with Crippen molar-refractivity contribution < 1.29 is 25.2 Å². The Bertz CT molecular complexity index is 1030. The first-order valence-corrected chi connectivity index (χ1v) is 14.4. The van der Waals surface area contributed by atoms with Gasteiger partial charge < -0.3 is 4.12 Å². The average molecular weight is 630 g/mol. The summed E-state index contributed by atoms with van der Waals surface area (Å²) in [6.45, 7) is 8.47. The molecule has 4 aromatic rings. The molecule has 0 fully saturated rings. The minimum Gasteiger partial charge on any atom is -0.436 e. The fraction of sp³-hybridized carbons (Fsp3) is 0. The molecule has 0 radical (unpaired) electrons. The third kappa shape index (κ3) is 4.48. The molecule has 4 aromatic carbocycles. The molecule has 0 spiro atoms. The zero-order chi connectivity index (χ0) is 21.6. The zero-order valence-corrected chi connectivity index (χ0v) is 22.1. The number of rotatable bonds is 8. The molecule has 0 saturated heterocycles. The van der Waals surface area contributed by atoms with Gasteiger partial charge >= 0.3 is 0 Å². The van der Waals surface area contributed by atoms with Crippen LogP contribution in [0.1, 0.15) is 0 Å². The third-order valence-electron chi connectivity index (χ3n) is 5.69. The zero-order valence-electron chi connectivity index (χ0n) is 17.8. The second-order valence-electron chi connectivity index (χ2n) is 7.45. The smallest absolute Gasteiger partial charge is 0.278 e. The fourth-order valence-corrected chi connectivity index (χ4v) is 13.0. The second-order valence-corrected chi connectivity index (χ2v) is 14.3. The van der Waals surface area contributed by atoms with Crippen molar-refractivity contribution in [1.29, 1.82) is 0 Å². The van der Waals surface area contributed by atoms with Gasteiger partial charge in [-0.15, -0.1) is 13.2 Å². The van der Waals surface area contributed by atoms with Gasteiger partial charge in [0.25, 0.3) is 16.6 Å². The molecule has 32 heavy (non-hydrogen) atoms. The Labute approximate surface area is 207 Å². The Morgan fingerprint density at radius 1 is 0.469 bits per heavy atom. The van der Waals surface area contributed by atoms with Gasteiger partial charge in [0.2, 0.25) is 0 Å². The minimum atomic E-state index is -2.86. The van der Waals surface area contributed by atoms with Gasteiger partial charge in [-0.3, -0.25) is 0 Å². The predicted molar refractivity (Wildman–Crippen MR) is 137 cm³/mol. The van der Waals surface area contributed by atoms with Crippen LogP contribution in [0.5, 0.6) is 0 Å². The van der Waals surface area contributed by atoms with E-state index in [1.165, 1.54) is 15.6 Å². The van der Waals surface area contributed by atoms with Crippen LogP contribution in [-0.4, -0.2) is 16.6 Å². The molecule has 0 aliphatic carbocycles. The van der Waals surface area contributed by atoms with E-state index in [1.54, 1.807) is 0 Å². The molecular formula is C28H26OPtSi2. The first-order chi connectivity index (χ1) is 15.2. The van der Waals surface area contributed by atoms with Gasteiger partial charge in [-0.2, -0.15) is 0 Å². The van der Waals surface area contributed by atoms with Crippen molar-refractivity contribution in [2.45, 2.75) is 0 Å². The molecule has 0 atom stereocenters. The largest absolute Gasteiger partial charge is 0.436 e. The average Bonchev–Trinajstić information content (AvgIpc) is 2.87. The van der Waals surface area contributed by atoms with E-state index in [2.05, 4.69) is 128 Å². The number of hydrogen-bond acceptors (Lipinski definition) is 1. The SMILES string of the molecule is C=C[Si](C=C)(O[Si](c1ccccc1)(c1ccccc1)c1ccccc1)c1ccccc1.[Pt]. The van der Waals surface area contributed by atoms with Crippen LogP contribution in [-0.2, 0) is 25.2 Å². The van der Waals surface area contributed by atoms with Crippen LogP contribution in [0.4, 0.5) is 0 Å². The molecule has 0 N–H and O–H groups in total. The van der Waals surface area contributed by atoms with Gasteiger partial charge in [-0.05, 0) is 20.7 Å². The quantitative estimate of drug-likeness (QED) is 0.212. The summed E-state index contributed by atoms with van der Waals surface area (Å²) in [6.07, 6.45) is 0. The van der Waals surface area contributed by atoms with Crippen molar-refractivity contribution >= 4 is 37.4 Å². The van der Waals surface area contributed by atoms with E-state index >= 15 is 0 Å². The summed E-state index contributed by atoms with van der Waals surface area (Å²) < 4.78 is 7.51. The van der Waals surface area contributed by atoms with Crippen LogP contribution in [0.2, 0.25) is 0 Å². The molecule has 0 heterocycles. The summed E-state index contributed by atoms with van der Waals surface area (Å²) in [6, 6.07) is 42.4. The Kier molecular flexibility index (Phi) is 8.16. The van der Waals surface area contributed by atoms with E-state index in [0.29, 0.717) is 0 Å². The Morgan fingerprint density at radius 3 is 1.03 bits per heavy atom. The molecule has 0 aliphatic heterocycles. The van der Waals surface area contributed by atoms with Crippen molar-refractivity contribution in [1.82, 2.24) is 0 Å². The van der Waals surface area contributed by atoms with Gasteiger partial charge in [0.15, 0.2) is 0 Å². The number of hydrogen-bond donors (Lipinski definition) is 0. The standard InChI is InChI=1S/C28H26OSi2.Pt/c1-3-30(4-2,25-17-9-5-10-18-25)29-31(26-19-11-6-12-20-26,27-21-13-7-14-22-27)28-23-15-8-16-24-28;/h3-24H,1-2H2;. The topological polar surface area (TPSA) is 9.23 Å². The Morgan fingerprint density at radius 2 is 0.750 bits per heavy atom. The molecule has 0 bridgehead atoms. The molecule has 4 heteroatoms. The first kappa shape index (κ1) is 24.1. The van der Waals surface area contributed by atoms with E-state index in [4.69, 9.17) is 4.12 Å². The molecule has 0 saturated carbocycles. The molecule has 0 aliphatic rings. The summed E-state index contributed by atoms with van der Waals surface area (Å²) in [4.78, 5) is 0. The minimum absolute atomic E-state index is 0. The van der Waals surface area contributed by atoms with Crippen LogP contribution in [0.3, 0.4) is 0 Å². The van der Waals surface area contributed by atoms with Crippen LogP contribution in [0.15, 0.2) is 146 Å². The second kappa shape index (κ2) is 10.8. The van der Waals surface area contributed by atoms with Crippen LogP contribution >= 0.6 is 0 Å². The van der Waals surface area contributed by atoms with Crippen molar-refractivity contribution in [2.24, 2.45) is 0 Å². The van der Waals surface area contributed by atoms with Crippen molar-refractivity contribution in [3.8, 4) is 0 Å². The molecule has 0 unspecified atom stereocenters. The van der Waals surface area contributed by atoms with E-state index in [-0.39, 0.29) is 21.1 Å². The van der Waals surface area contributed by atoms with Gasteiger partial charge in [0.05, 0.1) is 0 Å². The molecule has 162 valence electrons. The summed E-state index contributed by atoms with van der Waals surface area (Å²) >= 11 is 0. The maximum absolute atomic E-state index is 7.51. The Balaban J connectivity index is 0.00000289. The van der Waals surface area contributed by atoms with Gasteiger partial charge in [-0.1, -0.05) is 133 Å². The summed E-state index contributed by atoms with van der Waals surface area (Å²) in [7, 11) is -5.58. The van der Waals surface area contributed by atoms with Crippen LogP contribution in [0, 0.1) is 0 Å². The van der Waals surface area contributed by atoms with Crippen molar-refractivity contribution in [2.75, 3.05) is 0 Å². The summed E-state index contributed by atoms with van der Waals surface area (Å²) in [5.41, 5.74) is 4.01. The third-order valence-corrected chi connectivity index (χ3v) is 14.2. The number of benzene rings is 4. The van der Waals surface area contributed by atoms with Crippen LogP contribution in [0.25, 0.3) is 0 Å². The van der Waals surface area contributed by atoms with Crippen LogP contribution < -0.4 is 20.7 Å². The van der Waals surface area contributed by atoms with E-state index in [1.807, 2.05) is 17.5 Å². The normalized spacial score (nSPS) is 11.2. The van der Waals surface area contributed by atoms with Gasteiger partial charge in [0, 0.05) is 21.1 Å². The fourth-order valence-electron chi connectivity index (χ4n) is 4.11. The maximum atomic E-state index is 7.51. The van der Waals surface area contributed by atoms with Crippen molar-refractivity contribution in [3.05, 3.63) is 146 Å².